The van der Waals surface area contributed by atoms with E-state index in [1.165, 1.54) is 5.56 Å². The van der Waals surface area contributed by atoms with Crippen LogP contribution in [-0.2, 0) is 14.9 Å². The van der Waals surface area contributed by atoms with E-state index >= 15 is 0 Å². The van der Waals surface area contributed by atoms with E-state index in [1.54, 1.807) is 0 Å². The number of hydrogen-bond donors (Lipinski definition) is 1. The first-order valence-electron chi connectivity index (χ1n) is 7.26. The first kappa shape index (κ1) is 14.2. The zero-order valence-electron chi connectivity index (χ0n) is 12.7. The van der Waals surface area contributed by atoms with Crippen LogP contribution >= 0.6 is 0 Å². The first-order valence-corrected chi connectivity index (χ1v) is 7.26. The lowest BCUT2D eigenvalue weighted by atomic mass is 9.87. The van der Waals surface area contributed by atoms with Crippen molar-refractivity contribution in [3.8, 4) is 11.4 Å². The second-order valence-electron chi connectivity index (χ2n) is 6.31. The molecule has 3 rings (SSSR count). The number of ether oxygens (including phenoxy) is 2. The largest absolute Gasteiger partial charge is 0.376 e. The summed E-state index contributed by atoms with van der Waals surface area (Å²) in [5.41, 5.74) is 2.45. The Balaban J connectivity index is 1.79. The Labute approximate surface area is 124 Å². The standard InChI is InChI=1S/C16H21N3O2/c1-16(2,3)12-6-4-11(5-7-12)14-17-15(19-18-14)13-10-20-8-9-21-13/h4-7,13H,8-10H2,1-3H3,(H,17,18,19). The number of H-pyrrole nitrogens is 1. The smallest absolute Gasteiger partial charge is 0.181 e. The average molecular weight is 287 g/mol. The van der Waals surface area contributed by atoms with Crippen molar-refractivity contribution in [2.45, 2.75) is 32.3 Å². The summed E-state index contributed by atoms with van der Waals surface area (Å²) in [6, 6.07) is 8.38. The zero-order chi connectivity index (χ0) is 14.9. The number of aromatic nitrogens is 3. The van der Waals surface area contributed by atoms with Gasteiger partial charge in [0.2, 0.25) is 0 Å². The van der Waals surface area contributed by atoms with Gasteiger partial charge in [-0.2, -0.15) is 5.10 Å². The molecule has 1 saturated heterocycles. The lowest BCUT2D eigenvalue weighted by molar-refractivity contribution is -0.0933. The second kappa shape index (κ2) is 5.58. The normalized spacial score (nSPS) is 19.7. The molecule has 0 amide bonds. The van der Waals surface area contributed by atoms with E-state index in [4.69, 9.17) is 9.47 Å². The van der Waals surface area contributed by atoms with Gasteiger partial charge in [0, 0.05) is 5.56 Å². The van der Waals surface area contributed by atoms with Gasteiger partial charge in [0.25, 0.3) is 0 Å². The van der Waals surface area contributed by atoms with Crippen molar-refractivity contribution in [3.05, 3.63) is 35.7 Å². The van der Waals surface area contributed by atoms with E-state index in [2.05, 4.69) is 60.2 Å². The van der Waals surface area contributed by atoms with Gasteiger partial charge in [0.05, 0.1) is 19.8 Å². The molecule has 0 radical (unpaired) electrons. The minimum atomic E-state index is -0.145. The van der Waals surface area contributed by atoms with Crippen molar-refractivity contribution in [2.24, 2.45) is 0 Å². The monoisotopic (exact) mass is 287 g/mol. The summed E-state index contributed by atoms with van der Waals surface area (Å²) in [5, 5.41) is 7.23. The number of benzene rings is 1. The highest BCUT2D eigenvalue weighted by Gasteiger charge is 2.21. The molecule has 1 aliphatic rings. The van der Waals surface area contributed by atoms with E-state index in [1.807, 2.05) is 0 Å². The molecule has 1 N–H and O–H groups in total. The van der Waals surface area contributed by atoms with E-state index < -0.39 is 0 Å². The molecule has 1 aromatic carbocycles. The first-order chi connectivity index (χ1) is 10.0. The predicted molar refractivity (Wildman–Crippen MR) is 80.0 cm³/mol. The summed E-state index contributed by atoms with van der Waals surface area (Å²) in [5.74, 6) is 1.42. The minimum Gasteiger partial charge on any atom is -0.376 e. The Bertz CT molecular complexity index is 593. The van der Waals surface area contributed by atoms with Crippen molar-refractivity contribution in [2.75, 3.05) is 19.8 Å². The minimum absolute atomic E-state index is 0.145. The fourth-order valence-corrected chi connectivity index (χ4v) is 2.31. The van der Waals surface area contributed by atoms with Crippen molar-refractivity contribution in [1.82, 2.24) is 15.2 Å². The fraction of sp³-hybridized carbons (Fsp3) is 0.500. The van der Waals surface area contributed by atoms with Gasteiger partial charge >= 0.3 is 0 Å². The SMILES string of the molecule is CC(C)(C)c1ccc(-c2n[nH]c(C3COCCO3)n2)cc1. The van der Waals surface area contributed by atoms with Crippen LogP contribution in [0.2, 0.25) is 0 Å². The van der Waals surface area contributed by atoms with Gasteiger partial charge in [-0.15, -0.1) is 0 Å². The number of nitrogens with zero attached hydrogens (tertiary/aromatic N) is 2. The summed E-state index contributed by atoms with van der Waals surface area (Å²) >= 11 is 0. The molecule has 0 aliphatic carbocycles. The number of aromatic amines is 1. The van der Waals surface area contributed by atoms with Crippen molar-refractivity contribution in [1.29, 1.82) is 0 Å². The molecule has 21 heavy (non-hydrogen) atoms. The molecule has 1 aliphatic heterocycles. The van der Waals surface area contributed by atoms with Crippen LogP contribution < -0.4 is 0 Å². The van der Waals surface area contributed by atoms with Crippen LogP contribution in [0.15, 0.2) is 24.3 Å². The van der Waals surface area contributed by atoms with Gasteiger partial charge in [-0.3, -0.25) is 5.10 Å². The third kappa shape index (κ3) is 3.14. The summed E-state index contributed by atoms with van der Waals surface area (Å²) < 4.78 is 11.0. The van der Waals surface area contributed by atoms with Crippen molar-refractivity contribution in [3.63, 3.8) is 0 Å². The quantitative estimate of drug-likeness (QED) is 0.922. The van der Waals surface area contributed by atoms with Gasteiger partial charge in [-0.1, -0.05) is 45.0 Å². The molecule has 1 aromatic heterocycles. The van der Waals surface area contributed by atoms with Crippen molar-refractivity contribution < 1.29 is 9.47 Å². The van der Waals surface area contributed by atoms with Crippen LogP contribution in [0.4, 0.5) is 0 Å². The highest BCUT2D eigenvalue weighted by Crippen LogP contribution is 2.25. The maximum Gasteiger partial charge on any atom is 0.181 e. The van der Waals surface area contributed by atoms with E-state index in [0.717, 1.165) is 11.4 Å². The lowest BCUT2D eigenvalue weighted by Gasteiger charge is -2.20. The molecule has 0 spiro atoms. The van der Waals surface area contributed by atoms with E-state index in [0.29, 0.717) is 25.6 Å². The molecule has 1 atom stereocenters. The maximum absolute atomic E-state index is 5.62. The molecule has 0 saturated carbocycles. The highest BCUT2D eigenvalue weighted by atomic mass is 16.6. The summed E-state index contributed by atoms with van der Waals surface area (Å²) in [6.07, 6.45) is -0.145. The molecule has 112 valence electrons. The van der Waals surface area contributed by atoms with Gasteiger partial charge in [0.15, 0.2) is 11.6 Å². The van der Waals surface area contributed by atoms with E-state index in [9.17, 15) is 0 Å². The van der Waals surface area contributed by atoms with Crippen molar-refractivity contribution >= 4 is 0 Å². The fourth-order valence-electron chi connectivity index (χ4n) is 2.31. The number of hydrogen-bond acceptors (Lipinski definition) is 4. The van der Waals surface area contributed by atoms with Gasteiger partial charge < -0.3 is 9.47 Å². The maximum atomic E-state index is 5.62. The molecule has 0 bridgehead atoms. The van der Waals surface area contributed by atoms with Crippen LogP contribution in [0.1, 0.15) is 38.3 Å². The summed E-state index contributed by atoms with van der Waals surface area (Å²) in [6.45, 7) is 8.37. The molecule has 2 aromatic rings. The summed E-state index contributed by atoms with van der Waals surface area (Å²) in [4.78, 5) is 4.52. The Kier molecular flexibility index (Phi) is 3.78. The Morgan fingerprint density at radius 2 is 1.90 bits per heavy atom. The number of rotatable bonds is 2. The molecular weight excluding hydrogens is 266 g/mol. The van der Waals surface area contributed by atoms with Gasteiger partial charge in [0.1, 0.15) is 6.10 Å². The number of nitrogens with one attached hydrogen (secondary N) is 1. The van der Waals surface area contributed by atoms with Crippen LogP contribution in [0.5, 0.6) is 0 Å². The predicted octanol–water partition coefficient (Wildman–Crippen LogP) is 2.86. The zero-order valence-corrected chi connectivity index (χ0v) is 12.7. The third-order valence-corrected chi connectivity index (χ3v) is 3.63. The lowest BCUT2D eigenvalue weighted by Crippen LogP contribution is -2.22. The Morgan fingerprint density at radius 1 is 1.14 bits per heavy atom. The molecule has 1 unspecified atom stereocenters. The average Bonchev–Trinajstić information content (AvgIpc) is 2.97. The molecule has 2 heterocycles. The van der Waals surface area contributed by atoms with Crippen LogP contribution in [0.3, 0.4) is 0 Å². The third-order valence-electron chi connectivity index (χ3n) is 3.63. The van der Waals surface area contributed by atoms with Crippen LogP contribution in [0.25, 0.3) is 11.4 Å². The highest BCUT2D eigenvalue weighted by molar-refractivity contribution is 5.55. The molecule has 5 nitrogen and oxygen atoms in total. The Morgan fingerprint density at radius 3 is 2.52 bits per heavy atom. The Hall–Kier alpha value is -1.72. The molecule has 1 fully saturated rings. The van der Waals surface area contributed by atoms with Gasteiger partial charge in [-0.25, -0.2) is 4.98 Å². The van der Waals surface area contributed by atoms with Gasteiger partial charge in [-0.05, 0) is 11.0 Å². The second-order valence-corrected chi connectivity index (χ2v) is 6.31. The topological polar surface area (TPSA) is 60.0 Å². The van der Waals surface area contributed by atoms with Crippen LogP contribution in [0, 0.1) is 0 Å². The summed E-state index contributed by atoms with van der Waals surface area (Å²) in [7, 11) is 0. The van der Waals surface area contributed by atoms with E-state index in [-0.39, 0.29) is 11.5 Å². The molecule has 5 heteroatoms. The molecular formula is C16H21N3O2. The van der Waals surface area contributed by atoms with Crippen LogP contribution in [-0.4, -0.2) is 35.0 Å².